The number of ether oxygens (including phenoxy) is 1. The van der Waals surface area contributed by atoms with Crippen molar-refractivity contribution in [2.24, 2.45) is 0 Å². The first-order valence-electron chi connectivity index (χ1n) is 9.62. The van der Waals surface area contributed by atoms with Crippen LogP contribution in [0.25, 0.3) is 0 Å². The molecule has 0 atom stereocenters. The van der Waals surface area contributed by atoms with E-state index in [1.165, 1.54) is 0 Å². The lowest BCUT2D eigenvalue weighted by atomic mass is 9.86. The van der Waals surface area contributed by atoms with Gasteiger partial charge in [-0.05, 0) is 67.2 Å². The monoisotopic (exact) mass is 454 g/mol. The lowest BCUT2D eigenvalue weighted by Gasteiger charge is -2.36. The summed E-state index contributed by atoms with van der Waals surface area (Å²) in [5.74, 6) is 7.48. The van der Waals surface area contributed by atoms with Gasteiger partial charge in [-0.1, -0.05) is 71.4 Å². The zero-order valence-corrected chi connectivity index (χ0v) is 20.0. The number of benzene rings is 3. The molecule has 154 valence electrons. The third-order valence-electron chi connectivity index (χ3n) is 4.44. The van der Waals surface area contributed by atoms with Crippen LogP contribution in [0.4, 0.5) is 0 Å². The summed E-state index contributed by atoms with van der Waals surface area (Å²) in [5, 5.41) is 1.32. The molecule has 0 spiro atoms. The fraction of sp³-hybridized carbons (Fsp3) is 0.200. The van der Waals surface area contributed by atoms with Crippen LogP contribution >= 0.6 is 23.2 Å². The van der Waals surface area contributed by atoms with Crippen molar-refractivity contribution in [2.45, 2.75) is 25.2 Å². The topological polar surface area (TPSA) is 18.5 Å². The molecule has 0 heterocycles. The Labute approximate surface area is 189 Å². The normalized spacial score (nSPS) is 11.5. The molecule has 0 radical (unpaired) electrons. The van der Waals surface area contributed by atoms with Gasteiger partial charge in [-0.25, -0.2) is 0 Å². The van der Waals surface area contributed by atoms with E-state index in [1.807, 2.05) is 72.8 Å². The molecule has 0 aromatic heterocycles. The molecule has 0 unspecified atom stereocenters. The molecule has 0 aliphatic heterocycles. The van der Waals surface area contributed by atoms with Gasteiger partial charge in [0.15, 0.2) is 13.9 Å². The van der Waals surface area contributed by atoms with E-state index >= 15 is 0 Å². The quantitative estimate of drug-likeness (QED) is 0.301. The van der Waals surface area contributed by atoms with E-state index in [-0.39, 0.29) is 0 Å². The SMILES string of the molecule is COc1ccccc1C#CC(O[Si](C)(C)C)(c1ccc(Cl)cc1)c1ccc(Cl)cc1. The number of halogens is 2. The van der Waals surface area contributed by atoms with Crippen molar-refractivity contribution < 1.29 is 9.16 Å². The third-order valence-corrected chi connectivity index (χ3v) is 5.86. The maximum atomic E-state index is 6.81. The minimum atomic E-state index is -2.05. The minimum absolute atomic E-state index is 0.662. The summed E-state index contributed by atoms with van der Waals surface area (Å²) in [6.07, 6.45) is 0. The second-order valence-corrected chi connectivity index (χ2v) is 13.2. The van der Waals surface area contributed by atoms with E-state index in [9.17, 15) is 0 Å². The zero-order valence-electron chi connectivity index (χ0n) is 17.5. The van der Waals surface area contributed by atoms with Gasteiger partial charge in [-0.2, -0.15) is 0 Å². The molecule has 0 N–H and O–H groups in total. The second-order valence-electron chi connectivity index (χ2n) is 7.86. The molecule has 0 aliphatic carbocycles. The van der Waals surface area contributed by atoms with Crippen LogP contribution in [-0.4, -0.2) is 15.4 Å². The Morgan fingerprint density at radius 2 is 1.27 bits per heavy atom. The Hall–Kier alpha value is -2.22. The van der Waals surface area contributed by atoms with E-state index in [2.05, 4.69) is 31.5 Å². The maximum Gasteiger partial charge on any atom is 0.186 e. The first-order chi connectivity index (χ1) is 14.2. The second kappa shape index (κ2) is 9.28. The van der Waals surface area contributed by atoms with Crippen molar-refractivity contribution in [1.82, 2.24) is 0 Å². The van der Waals surface area contributed by atoms with Gasteiger partial charge >= 0.3 is 0 Å². The standard InChI is InChI=1S/C25H24Cl2O2Si/c1-28-24-8-6-5-7-19(24)17-18-25(29-30(2,3)4,20-9-13-22(26)14-10-20)21-11-15-23(27)16-12-21/h5-16H,1-4H3. The predicted molar refractivity (Wildman–Crippen MR) is 128 cm³/mol. The number of methoxy groups -OCH3 is 1. The van der Waals surface area contributed by atoms with Gasteiger partial charge in [0.2, 0.25) is 0 Å². The van der Waals surface area contributed by atoms with Crippen LogP contribution in [0.15, 0.2) is 72.8 Å². The van der Waals surface area contributed by atoms with Crippen molar-refractivity contribution in [2.75, 3.05) is 7.11 Å². The molecule has 0 bridgehead atoms. The van der Waals surface area contributed by atoms with Gasteiger partial charge in [-0.15, -0.1) is 0 Å². The minimum Gasteiger partial charge on any atom is -0.495 e. The van der Waals surface area contributed by atoms with Crippen LogP contribution in [-0.2, 0) is 10.0 Å². The van der Waals surface area contributed by atoms with Gasteiger partial charge < -0.3 is 9.16 Å². The van der Waals surface area contributed by atoms with Crippen LogP contribution < -0.4 is 4.74 Å². The number of rotatable bonds is 5. The van der Waals surface area contributed by atoms with E-state index in [4.69, 9.17) is 32.4 Å². The number of para-hydroxylation sites is 1. The summed E-state index contributed by atoms with van der Waals surface area (Å²) in [6, 6.07) is 23.0. The summed E-state index contributed by atoms with van der Waals surface area (Å²) >= 11 is 12.3. The molecule has 3 rings (SSSR count). The molecule has 0 amide bonds. The molecule has 0 saturated heterocycles. The zero-order chi connectivity index (χ0) is 21.8. The highest BCUT2D eigenvalue weighted by Crippen LogP contribution is 2.37. The Kier molecular flexibility index (Phi) is 6.95. The fourth-order valence-electron chi connectivity index (χ4n) is 3.19. The highest BCUT2D eigenvalue weighted by Gasteiger charge is 2.38. The average molecular weight is 455 g/mol. The van der Waals surface area contributed by atoms with Crippen LogP contribution in [0.2, 0.25) is 29.7 Å². The summed E-state index contributed by atoms with van der Waals surface area (Å²) in [5.41, 5.74) is 1.66. The Balaban J connectivity index is 2.29. The molecule has 3 aromatic rings. The summed E-state index contributed by atoms with van der Waals surface area (Å²) < 4.78 is 12.3. The maximum absolute atomic E-state index is 6.81. The van der Waals surface area contributed by atoms with E-state index < -0.39 is 13.9 Å². The average Bonchev–Trinajstić information content (AvgIpc) is 2.71. The molecule has 0 saturated carbocycles. The van der Waals surface area contributed by atoms with Gasteiger partial charge in [-0.3, -0.25) is 0 Å². The van der Waals surface area contributed by atoms with E-state index in [0.29, 0.717) is 10.0 Å². The number of hydrogen-bond acceptors (Lipinski definition) is 2. The predicted octanol–water partition coefficient (Wildman–Crippen LogP) is 7.15. The molecular formula is C25H24Cl2O2Si. The Bertz CT molecular complexity index is 1010. The molecule has 3 aromatic carbocycles. The smallest absolute Gasteiger partial charge is 0.186 e. The highest BCUT2D eigenvalue weighted by atomic mass is 35.5. The van der Waals surface area contributed by atoms with Gasteiger partial charge in [0.05, 0.1) is 12.7 Å². The fourth-order valence-corrected chi connectivity index (χ4v) is 4.64. The number of hydrogen-bond donors (Lipinski definition) is 0. The molecule has 2 nitrogen and oxygen atoms in total. The highest BCUT2D eigenvalue weighted by molar-refractivity contribution is 6.69. The lowest BCUT2D eigenvalue weighted by Crippen LogP contribution is -2.40. The van der Waals surface area contributed by atoms with Crippen LogP contribution in [0.5, 0.6) is 5.75 Å². The molecule has 0 aliphatic rings. The molecule has 5 heteroatoms. The van der Waals surface area contributed by atoms with Crippen molar-refractivity contribution in [3.63, 3.8) is 0 Å². The van der Waals surface area contributed by atoms with Crippen molar-refractivity contribution in [3.05, 3.63) is 99.5 Å². The van der Waals surface area contributed by atoms with Crippen LogP contribution in [0.3, 0.4) is 0 Å². The largest absolute Gasteiger partial charge is 0.495 e. The first kappa shape index (κ1) is 22.5. The van der Waals surface area contributed by atoms with Crippen molar-refractivity contribution in [3.8, 4) is 17.6 Å². The Morgan fingerprint density at radius 3 is 1.73 bits per heavy atom. The van der Waals surface area contributed by atoms with Gasteiger partial charge in [0.1, 0.15) is 5.75 Å². The van der Waals surface area contributed by atoms with Gasteiger partial charge in [0.25, 0.3) is 0 Å². The summed E-state index contributed by atoms with van der Waals surface area (Å²) in [4.78, 5) is 0. The van der Waals surface area contributed by atoms with Crippen molar-refractivity contribution in [1.29, 1.82) is 0 Å². The molecule has 30 heavy (non-hydrogen) atoms. The molecular weight excluding hydrogens is 431 g/mol. The van der Waals surface area contributed by atoms with Crippen LogP contribution in [0.1, 0.15) is 16.7 Å². The van der Waals surface area contributed by atoms with Crippen molar-refractivity contribution >= 4 is 31.5 Å². The summed E-state index contributed by atoms with van der Waals surface area (Å²) in [7, 11) is -0.402. The molecule has 0 fully saturated rings. The third kappa shape index (κ3) is 5.27. The lowest BCUT2D eigenvalue weighted by molar-refractivity contribution is 0.166. The van der Waals surface area contributed by atoms with E-state index in [1.54, 1.807) is 7.11 Å². The first-order valence-corrected chi connectivity index (χ1v) is 13.8. The van der Waals surface area contributed by atoms with Gasteiger partial charge in [0, 0.05) is 10.0 Å². The Morgan fingerprint density at radius 1 is 0.767 bits per heavy atom. The summed E-state index contributed by atoms with van der Waals surface area (Å²) in [6.45, 7) is 6.45. The van der Waals surface area contributed by atoms with E-state index in [0.717, 1.165) is 22.4 Å². The van der Waals surface area contributed by atoms with Crippen LogP contribution in [0, 0.1) is 11.8 Å².